The number of rotatable bonds is 3. The van der Waals surface area contributed by atoms with Crippen LogP contribution < -0.4 is 0 Å². The number of sulfonamides is 1. The molecule has 0 N–H and O–H groups in total. The molecule has 7 nitrogen and oxygen atoms in total. The predicted octanol–water partition coefficient (Wildman–Crippen LogP) is 1.30. The molecule has 2 aromatic rings. The maximum absolute atomic E-state index is 12.8. The van der Waals surface area contributed by atoms with E-state index in [1.54, 1.807) is 17.0 Å². The third-order valence-corrected chi connectivity index (χ3v) is 6.60. The number of aryl methyl sites for hydroxylation is 2. The van der Waals surface area contributed by atoms with Gasteiger partial charge < -0.3 is 4.90 Å². The number of nitrogens with zero attached hydrogens (tertiary/aromatic N) is 4. The van der Waals surface area contributed by atoms with Gasteiger partial charge in [-0.15, -0.1) is 0 Å². The average Bonchev–Trinajstić information content (AvgIpc) is 3.11. The van der Waals surface area contributed by atoms with Crippen LogP contribution in [-0.4, -0.2) is 58.5 Å². The monoisotopic (exact) mass is 366 g/mol. The zero-order chi connectivity index (χ0) is 17.3. The molecule has 1 aliphatic heterocycles. The highest BCUT2D eigenvalue weighted by Crippen LogP contribution is 2.20. The van der Waals surface area contributed by atoms with Gasteiger partial charge in [0.05, 0.1) is 22.8 Å². The summed E-state index contributed by atoms with van der Waals surface area (Å²) >= 11 is 0.983. The van der Waals surface area contributed by atoms with Gasteiger partial charge in [0.25, 0.3) is 5.91 Å². The lowest BCUT2D eigenvalue weighted by Gasteiger charge is -2.33. The lowest BCUT2D eigenvalue weighted by atomic mass is 10.1. The van der Waals surface area contributed by atoms with Gasteiger partial charge in [0.2, 0.25) is 10.0 Å². The maximum Gasteiger partial charge on any atom is 0.275 e. The fraction of sp³-hybridized carbons (Fsp3) is 0.400. The molecule has 128 valence electrons. The topological polar surface area (TPSA) is 83.5 Å². The summed E-state index contributed by atoms with van der Waals surface area (Å²) < 4.78 is 34.7. The summed E-state index contributed by atoms with van der Waals surface area (Å²) in [5.74, 6) is -0.202. The van der Waals surface area contributed by atoms with Gasteiger partial charge in [-0.05, 0) is 37.1 Å². The van der Waals surface area contributed by atoms with Gasteiger partial charge >= 0.3 is 0 Å². The Morgan fingerprint density at radius 1 is 1.12 bits per heavy atom. The van der Waals surface area contributed by atoms with E-state index >= 15 is 0 Å². The first-order chi connectivity index (χ1) is 11.4. The first-order valence-electron chi connectivity index (χ1n) is 7.54. The van der Waals surface area contributed by atoms with Crippen molar-refractivity contribution in [2.45, 2.75) is 18.7 Å². The molecule has 24 heavy (non-hydrogen) atoms. The molecule has 1 fully saturated rings. The fourth-order valence-corrected chi connectivity index (χ4v) is 4.49. The van der Waals surface area contributed by atoms with Gasteiger partial charge in [-0.1, -0.05) is 6.07 Å². The van der Waals surface area contributed by atoms with E-state index in [4.69, 9.17) is 0 Å². The summed E-state index contributed by atoms with van der Waals surface area (Å²) in [6.07, 6.45) is 1.44. The number of carbonyl (C=O) groups is 1. The molecule has 1 amide bonds. The van der Waals surface area contributed by atoms with Crippen LogP contribution in [0, 0.1) is 13.8 Å². The Morgan fingerprint density at radius 3 is 2.42 bits per heavy atom. The second-order valence-corrected chi connectivity index (χ2v) is 8.23. The first kappa shape index (κ1) is 17.0. The third-order valence-electron chi connectivity index (χ3n) is 4.22. The molecule has 1 aliphatic rings. The molecular formula is C15H18N4O3S2. The molecule has 9 heteroatoms. The predicted molar refractivity (Wildman–Crippen MR) is 90.5 cm³/mol. The minimum Gasteiger partial charge on any atom is -0.335 e. The SMILES string of the molecule is Cc1ccc(S(=O)(=O)N2CCN(C(=O)c3cnsn3)CC2)cc1C. The Hall–Kier alpha value is -1.84. The Morgan fingerprint density at radius 2 is 1.83 bits per heavy atom. The number of piperazine rings is 1. The van der Waals surface area contributed by atoms with Crippen LogP contribution in [0.25, 0.3) is 0 Å². The number of hydrogen-bond acceptors (Lipinski definition) is 6. The quantitative estimate of drug-likeness (QED) is 0.818. The van der Waals surface area contributed by atoms with Gasteiger partial charge in [0.1, 0.15) is 0 Å². The van der Waals surface area contributed by atoms with Gasteiger partial charge in [0.15, 0.2) is 5.69 Å². The number of hydrogen-bond donors (Lipinski definition) is 0. The minimum atomic E-state index is -3.53. The summed E-state index contributed by atoms with van der Waals surface area (Å²) in [5.41, 5.74) is 2.31. The molecule has 2 heterocycles. The average molecular weight is 366 g/mol. The Bertz CT molecular complexity index is 842. The van der Waals surface area contributed by atoms with E-state index in [1.165, 1.54) is 10.5 Å². The van der Waals surface area contributed by atoms with Crippen molar-refractivity contribution in [2.24, 2.45) is 0 Å². The molecule has 0 aliphatic carbocycles. The van der Waals surface area contributed by atoms with Crippen LogP contribution in [0.1, 0.15) is 21.6 Å². The summed E-state index contributed by atoms with van der Waals surface area (Å²) in [4.78, 5) is 14.1. The molecule has 0 bridgehead atoms. The summed E-state index contributed by atoms with van der Waals surface area (Å²) in [7, 11) is -3.53. The summed E-state index contributed by atoms with van der Waals surface area (Å²) in [6, 6.07) is 5.15. The zero-order valence-corrected chi connectivity index (χ0v) is 15.1. The second kappa shape index (κ2) is 6.58. The normalized spacial score (nSPS) is 16.3. The van der Waals surface area contributed by atoms with Gasteiger partial charge in [-0.25, -0.2) is 8.42 Å². The molecule has 0 saturated carbocycles. The van der Waals surface area contributed by atoms with Crippen LogP contribution in [0.4, 0.5) is 0 Å². The summed E-state index contributed by atoms with van der Waals surface area (Å²) in [5, 5.41) is 0. The lowest BCUT2D eigenvalue weighted by molar-refractivity contribution is 0.0693. The van der Waals surface area contributed by atoms with E-state index in [-0.39, 0.29) is 19.0 Å². The van der Waals surface area contributed by atoms with Gasteiger partial charge in [0, 0.05) is 26.2 Å². The molecule has 0 unspecified atom stereocenters. The number of amides is 1. The van der Waals surface area contributed by atoms with Gasteiger partial charge in [-0.3, -0.25) is 4.79 Å². The van der Waals surface area contributed by atoms with Crippen molar-refractivity contribution in [1.29, 1.82) is 0 Å². The standard InChI is InChI=1S/C15H18N4O3S2/c1-11-3-4-13(9-12(11)2)24(21,22)19-7-5-18(6-8-19)15(20)14-10-16-23-17-14/h3-4,9-10H,5-8H2,1-2H3. The Kier molecular flexibility index (Phi) is 4.66. The van der Waals surface area contributed by atoms with Crippen molar-refractivity contribution in [3.63, 3.8) is 0 Å². The smallest absolute Gasteiger partial charge is 0.275 e. The Balaban J connectivity index is 1.71. The number of carbonyl (C=O) groups excluding carboxylic acids is 1. The van der Waals surface area contributed by atoms with Crippen LogP contribution in [-0.2, 0) is 10.0 Å². The molecule has 0 atom stereocenters. The zero-order valence-electron chi connectivity index (χ0n) is 13.5. The highest BCUT2D eigenvalue weighted by atomic mass is 32.2. The van der Waals surface area contributed by atoms with E-state index in [0.29, 0.717) is 23.7 Å². The van der Waals surface area contributed by atoms with Crippen molar-refractivity contribution in [3.8, 4) is 0 Å². The van der Waals surface area contributed by atoms with Crippen LogP contribution in [0.2, 0.25) is 0 Å². The van der Waals surface area contributed by atoms with E-state index in [2.05, 4.69) is 8.75 Å². The van der Waals surface area contributed by atoms with Crippen LogP contribution in [0.5, 0.6) is 0 Å². The number of aromatic nitrogens is 2. The molecular weight excluding hydrogens is 348 g/mol. The van der Waals surface area contributed by atoms with Crippen LogP contribution in [0.3, 0.4) is 0 Å². The lowest BCUT2D eigenvalue weighted by Crippen LogP contribution is -2.50. The fourth-order valence-electron chi connectivity index (χ4n) is 2.58. The maximum atomic E-state index is 12.8. The third kappa shape index (κ3) is 3.19. The van der Waals surface area contributed by atoms with Crippen molar-refractivity contribution < 1.29 is 13.2 Å². The second-order valence-electron chi connectivity index (χ2n) is 5.74. The largest absolute Gasteiger partial charge is 0.335 e. The molecule has 0 spiro atoms. The molecule has 1 saturated heterocycles. The van der Waals surface area contributed by atoms with Crippen LogP contribution in [0.15, 0.2) is 29.3 Å². The van der Waals surface area contributed by atoms with E-state index in [1.807, 2.05) is 19.9 Å². The molecule has 0 radical (unpaired) electrons. The van der Waals surface area contributed by atoms with Crippen molar-refractivity contribution in [1.82, 2.24) is 18.0 Å². The first-order valence-corrected chi connectivity index (χ1v) is 9.71. The van der Waals surface area contributed by atoms with E-state index in [0.717, 1.165) is 22.9 Å². The minimum absolute atomic E-state index is 0.202. The van der Waals surface area contributed by atoms with Gasteiger partial charge in [-0.2, -0.15) is 13.1 Å². The van der Waals surface area contributed by atoms with Crippen molar-refractivity contribution >= 4 is 27.7 Å². The van der Waals surface area contributed by atoms with E-state index in [9.17, 15) is 13.2 Å². The highest BCUT2D eigenvalue weighted by Gasteiger charge is 2.31. The van der Waals surface area contributed by atoms with E-state index < -0.39 is 10.0 Å². The van der Waals surface area contributed by atoms with Crippen molar-refractivity contribution in [2.75, 3.05) is 26.2 Å². The van der Waals surface area contributed by atoms with Crippen LogP contribution >= 0.6 is 11.7 Å². The molecule has 3 rings (SSSR count). The molecule has 1 aromatic carbocycles. The molecule has 1 aromatic heterocycles. The Labute approximate surface area is 145 Å². The van der Waals surface area contributed by atoms with Crippen molar-refractivity contribution in [3.05, 3.63) is 41.2 Å². The summed E-state index contributed by atoms with van der Waals surface area (Å²) in [6.45, 7) is 5.09. The highest BCUT2D eigenvalue weighted by molar-refractivity contribution is 7.89. The number of benzene rings is 1.